The van der Waals surface area contributed by atoms with E-state index < -0.39 is 17.7 Å². The normalized spacial score (nSPS) is 13.8. The van der Waals surface area contributed by atoms with E-state index in [0.717, 1.165) is 5.06 Å². The predicted molar refractivity (Wildman–Crippen MR) is 64.3 cm³/mol. The van der Waals surface area contributed by atoms with Crippen LogP contribution in [-0.4, -0.2) is 17.7 Å². The molecule has 94 valence electrons. The minimum Gasteiger partial charge on any atom is -0.333 e. The van der Waals surface area contributed by atoms with Gasteiger partial charge in [-0.3, -0.25) is 9.59 Å². The van der Waals surface area contributed by atoms with Gasteiger partial charge in [0.25, 0.3) is 5.78 Å². The first-order valence-electron chi connectivity index (χ1n) is 5.43. The van der Waals surface area contributed by atoms with Crippen molar-refractivity contribution in [3.05, 3.63) is 28.8 Å². The molecule has 0 N–H and O–H groups in total. The summed E-state index contributed by atoms with van der Waals surface area (Å²) in [5.74, 6) is -2.16. The first-order chi connectivity index (χ1) is 8.54. The highest BCUT2D eigenvalue weighted by Crippen LogP contribution is 2.31. The molecule has 2 rings (SSSR count). The van der Waals surface area contributed by atoms with Crippen LogP contribution in [0.4, 0.5) is 5.69 Å². The molecule has 0 spiro atoms. The van der Waals surface area contributed by atoms with Crippen molar-refractivity contribution in [1.29, 1.82) is 0 Å². The van der Waals surface area contributed by atoms with Gasteiger partial charge in [0.2, 0.25) is 0 Å². The number of halogens is 1. The van der Waals surface area contributed by atoms with Crippen molar-refractivity contribution in [1.82, 2.24) is 0 Å². The van der Waals surface area contributed by atoms with Gasteiger partial charge in [-0.1, -0.05) is 18.5 Å². The van der Waals surface area contributed by atoms with Crippen LogP contribution in [0.3, 0.4) is 0 Å². The molecule has 0 saturated carbocycles. The lowest BCUT2D eigenvalue weighted by atomic mass is 10.1. The van der Waals surface area contributed by atoms with E-state index in [1.54, 1.807) is 0 Å². The van der Waals surface area contributed by atoms with Gasteiger partial charge in [0.15, 0.2) is 0 Å². The summed E-state index contributed by atoms with van der Waals surface area (Å²) in [6.45, 7) is 1.81. The highest BCUT2D eigenvalue weighted by Gasteiger charge is 2.38. The number of hydroxylamine groups is 1. The maximum absolute atomic E-state index is 11.7. The summed E-state index contributed by atoms with van der Waals surface area (Å²) < 4.78 is 0. The van der Waals surface area contributed by atoms with Gasteiger partial charge in [0.1, 0.15) is 0 Å². The van der Waals surface area contributed by atoms with Gasteiger partial charge in [-0.2, -0.15) is 0 Å². The average Bonchev–Trinajstić information content (AvgIpc) is 2.55. The van der Waals surface area contributed by atoms with E-state index in [4.69, 9.17) is 16.4 Å². The molecule has 0 aromatic heterocycles. The van der Waals surface area contributed by atoms with E-state index in [1.807, 2.05) is 6.92 Å². The van der Waals surface area contributed by atoms with Crippen molar-refractivity contribution >= 4 is 34.9 Å². The highest BCUT2D eigenvalue weighted by molar-refractivity contribution is 6.52. The molecule has 1 amide bonds. The Labute approximate surface area is 108 Å². The smallest absolute Gasteiger partial charge is 0.333 e. The molecule has 5 nitrogen and oxygen atoms in total. The lowest BCUT2D eigenvalue weighted by molar-refractivity contribution is -0.149. The maximum atomic E-state index is 11.7. The first kappa shape index (κ1) is 12.6. The van der Waals surface area contributed by atoms with Gasteiger partial charge < -0.3 is 4.84 Å². The molecule has 0 aliphatic carbocycles. The SMILES string of the molecule is CCCC(=O)ON1C(=O)C(=O)c2cc(Cl)ccc21. The highest BCUT2D eigenvalue weighted by atomic mass is 35.5. The molecule has 0 fully saturated rings. The number of hydrogen-bond donors (Lipinski definition) is 0. The summed E-state index contributed by atoms with van der Waals surface area (Å²) in [6, 6.07) is 4.37. The van der Waals surface area contributed by atoms with E-state index in [2.05, 4.69) is 0 Å². The van der Waals surface area contributed by atoms with Gasteiger partial charge >= 0.3 is 11.9 Å². The van der Waals surface area contributed by atoms with Crippen molar-refractivity contribution in [3.8, 4) is 0 Å². The molecular weight excluding hydrogens is 258 g/mol. The van der Waals surface area contributed by atoms with E-state index in [-0.39, 0.29) is 17.7 Å². The van der Waals surface area contributed by atoms with Gasteiger partial charge in [-0.05, 0) is 24.6 Å². The molecule has 1 aliphatic rings. The topological polar surface area (TPSA) is 63.7 Å². The first-order valence-corrected chi connectivity index (χ1v) is 5.81. The van der Waals surface area contributed by atoms with Crippen molar-refractivity contribution < 1.29 is 19.2 Å². The third kappa shape index (κ3) is 2.09. The van der Waals surface area contributed by atoms with Crippen LogP contribution in [0.2, 0.25) is 5.02 Å². The second kappa shape index (κ2) is 4.78. The lowest BCUT2D eigenvalue weighted by Gasteiger charge is -2.14. The van der Waals surface area contributed by atoms with E-state index in [0.29, 0.717) is 11.4 Å². The van der Waals surface area contributed by atoms with Crippen molar-refractivity contribution in [2.45, 2.75) is 19.8 Å². The summed E-state index contributed by atoms with van der Waals surface area (Å²) in [4.78, 5) is 39.6. The van der Waals surface area contributed by atoms with Crippen molar-refractivity contribution in [2.75, 3.05) is 5.06 Å². The fourth-order valence-corrected chi connectivity index (χ4v) is 1.80. The number of anilines is 1. The van der Waals surface area contributed by atoms with E-state index in [9.17, 15) is 14.4 Å². The van der Waals surface area contributed by atoms with Gasteiger partial charge in [0.05, 0.1) is 11.3 Å². The van der Waals surface area contributed by atoms with Crippen LogP contribution in [0.1, 0.15) is 30.1 Å². The Morgan fingerprint density at radius 3 is 2.78 bits per heavy atom. The van der Waals surface area contributed by atoms with Crippen molar-refractivity contribution in [3.63, 3.8) is 0 Å². The lowest BCUT2D eigenvalue weighted by Crippen LogP contribution is -2.32. The second-order valence-corrected chi connectivity index (χ2v) is 4.24. The number of fused-ring (bicyclic) bond motifs is 1. The molecule has 0 atom stereocenters. The number of nitrogens with zero attached hydrogens (tertiary/aromatic N) is 1. The van der Waals surface area contributed by atoms with Crippen LogP contribution in [0, 0.1) is 0 Å². The molecule has 1 heterocycles. The number of amides is 1. The third-order valence-electron chi connectivity index (χ3n) is 2.45. The molecular formula is C12H10ClNO4. The molecule has 0 unspecified atom stereocenters. The predicted octanol–water partition coefficient (Wildman–Crippen LogP) is 2.13. The monoisotopic (exact) mass is 267 g/mol. The molecule has 1 aromatic rings. The van der Waals surface area contributed by atoms with Gasteiger partial charge in [0, 0.05) is 11.4 Å². The number of Topliss-reactive ketones (excluding diaryl/α,β-unsaturated/α-hetero) is 1. The van der Waals surface area contributed by atoms with Gasteiger partial charge in [-0.15, -0.1) is 5.06 Å². The third-order valence-corrected chi connectivity index (χ3v) is 2.68. The molecule has 0 radical (unpaired) electrons. The summed E-state index contributed by atoms with van der Waals surface area (Å²) in [5, 5.41) is 1.07. The number of ketones is 1. The Kier molecular flexibility index (Phi) is 3.34. The molecule has 6 heteroatoms. The zero-order valence-electron chi connectivity index (χ0n) is 9.60. The zero-order chi connectivity index (χ0) is 13.3. The summed E-state index contributed by atoms with van der Waals surface area (Å²) in [6.07, 6.45) is 0.781. The molecule has 1 aliphatic heterocycles. The number of carbonyl (C=O) groups is 3. The standard InChI is InChI=1S/C12H10ClNO4/c1-2-3-10(15)18-14-9-5-4-7(13)6-8(9)11(16)12(14)17/h4-6H,2-3H2,1H3. The number of carbonyl (C=O) groups excluding carboxylic acids is 3. The Balaban J connectivity index is 2.31. The van der Waals surface area contributed by atoms with Crippen molar-refractivity contribution in [2.24, 2.45) is 0 Å². The van der Waals surface area contributed by atoms with Crippen LogP contribution < -0.4 is 5.06 Å². The number of benzene rings is 1. The molecule has 0 bridgehead atoms. The van der Waals surface area contributed by atoms with Gasteiger partial charge in [-0.25, -0.2) is 4.79 Å². The molecule has 0 saturated heterocycles. The Hall–Kier alpha value is -1.88. The van der Waals surface area contributed by atoms with Crippen LogP contribution in [0.15, 0.2) is 18.2 Å². The Morgan fingerprint density at radius 1 is 1.39 bits per heavy atom. The fraction of sp³-hybridized carbons (Fsp3) is 0.250. The van der Waals surface area contributed by atoms with E-state index >= 15 is 0 Å². The average molecular weight is 268 g/mol. The largest absolute Gasteiger partial charge is 0.333 e. The number of hydrogen-bond acceptors (Lipinski definition) is 4. The fourth-order valence-electron chi connectivity index (χ4n) is 1.63. The van der Waals surface area contributed by atoms with Crippen LogP contribution >= 0.6 is 11.6 Å². The Bertz CT molecular complexity index is 541. The van der Waals surface area contributed by atoms with Crippen LogP contribution in [-0.2, 0) is 14.4 Å². The summed E-state index contributed by atoms with van der Waals surface area (Å²) in [5.41, 5.74) is 0.399. The zero-order valence-corrected chi connectivity index (χ0v) is 10.4. The second-order valence-electron chi connectivity index (χ2n) is 3.80. The van der Waals surface area contributed by atoms with Crippen LogP contribution in [0.25, 0.3) is 0 Å². The minimum atomic E-state index is -0.878. The maximum Gasteiger partial charge on any atom is 0.333 e. The number of rotatable bonds is 3. The minimum absolute atomic E-state index is 0.150. The molecule has 1 aromatic carbocycles. The summed E-state index contributed by atoms with van der Waals surface area (Å²) in [7, 11) is 0. The molecule has 18 heavy (non-hydrogen) atoms. The van der Waals surface area contributed by atoms with Crippen LogP contribution in [0.5, 0.6) is 0 Å². The summed E-state index contributed by atoms with van der Waals surface area (Å²) >= 11 is 5.75. The Morgan fingerprint density at radius 2 is 2.11 bits per heavy atom. The van der Waals surface area contributed by atoms with E-state index in [1.165, 1.54) is 18.2 Å². The quantitative estimate of drug-likeness (QED) is 0.787.